The molecule has 1 aromatic rings. The Morgan fingerprint density at radius 3 is 2.54 bits per heavy atom. The normalized spacial score (nSPS) is 11.4. The van der Waals surface area contributed by atoms with E-state index in [-0.39, 0.29) is 0 Å². The van der Waals surface area contributed by atoms with Crippen LogP contribution in [0.3, 0.4) is 0 Å². The van der Waals surface area contributed by atoms with Gasteiger partial charge in [-0.3, -0.25) is 5.10 Å². The van der Waals surface area contributed by atoms with Gasteiger partial charge in [-0.15, -0.1) is 0 Å². The van der Waals surface area contributed by atoms with Gasteiger partial charge in [0.15, 0.2) is 5.69 Å². The molecular formula is C9H14N2O2. The number of hydrogen-bond acceptors (Lipinski definition) is 3. The Hall–Kier alpha value is -1.32. The standard InChI is InChI=1S/C9H14N2O2/c1-6-5-7(11-10-6)8(12)13-9(2,3)4/h5H,1-4H3,(H,10,11). The smallest absolute Gasteiger partial charge is 0.359 e. The SMILES string of the molecule is Cc1cc(C(=O)OC(C)(C)C)n[nH]1. The summed E-state index contributed by atoms with van der Waals surface area (Å²) in [4.78, 5) is 11.4. The molecule has 4 heteroatoms. The average Bonchev–Trinajstić information content (AvgIpc) is 2.31. The van der Waals surface area contributed by atoms with Crippen molar-refractivity contribution in [2.75, 3.05) is 0 Å². The number of rotatable bonds is 1. The Morgan fingerprint density at radius 2 is 2.15 bits per heavy atom. The van der Waals surface area contributed by atoms with Gasteiger partial charge in [0.2, 0.25) is 0 Å². The Labute approximate surface area is 77.3 Å². The molecule has 0 amide bonds. The zero-order valence-electron chi connectivity index (χ0n) is 8.34. The molecule has 0 aliphatic rings. The van der Waals surface area contributed by atoms with Crippen molar-refractivity contribution in [2.45, 2.75) is 33.3 Å². The van der Waals surface area contributed by atoms with E-state index in [2.05, 4.69) is 10.2 Å². The number of carbonyl (C=O) groups is 1. The third-order valence-electron chi connectivity index (χ3n) is 1.31. The maximum absolute atomic E-state index is 11.4. The summed E-state index contributed by atoms with van der Waals surface area (Å²) in [6.07, 6.45) is 0. The molecule has 13 heavy (non-hydrogen) atoms. The summed E-state index contributed by atoms with van der Waals surface area (Å²) in [5.74, 6) is -0.392. The van der Waals surface area contributed by atoms with E-state index in [9.17, 15) is 4.79 Å². The van der Waals surface area contributed by atoms with Gasteiger partial charge < -0.3 is 4.74 Å². The zero-order valence-corrected chi connectivity index (χ0v) is 8.34. The number of ether oxygens (including phenoxy) is 1. The monoisotopic (exact) mass is 182 g/mol. The average molecular weight is 182 g/mol. The Bertz CT molecular complexity index is 310. The maximum Gasteiger partial charge on any atom is 0.359 e. The van der Waals surface area contributed by atoms with Crippen LogP contribution in [0.4, 0.5) is 0 Å². The van der Waals surface area contributed by atoms with Gasteiger partial charge in [-0.25, -0.2) is 4.79 Å². The first-order chi connectivity index (χ1) is 5.88. The molecule has 1 heterocycles. The van der Waals surface area contributed by atoms with Crippen molar-refractivity contribution in [1.82, 2.24) is 10.2 Å². The molecule has 1 aromatic heterocycles. The van der Waals surface area contributed by atoms with Crippen molar-refractivity contribution >= 4 is 5.97 Å². The van der Waals surface area contributed by atoms with Crippen molar-refractivity contribution in [3.05, 3.63) is 17.5 Å². The predicted octanol–water partition coefficient (Wildman–Crippen LogP) is 1.67. The van der Waals surface area contributed by atoms with E-state index in [4.69, 9.17) is 4.74 Å². The summed E-state index contributed by atoms with van der Waals surface area (Å²) < 4.78 is 5.12. The lowest BCUT2D eigenvalue weighted by atomic mass is 10.2. The Morgan fingerprint density at radius 1 is 1.54 bits per heavy atom. The largest absolute Gasteiger partial charge is 0.455 e. The first kappa shape index (κ1) is 9.77. The van der Waals surface area contributed by atoms with E-state index in [1.165, 1.54) is 0 Å². The third-order valence-corrected chi connectivity index (χ3v) is 1.31. The van der Waals surface area contributed by atoms with Crippen LogP contribution in [-0.4, -0.2) is 21.8 Å². The zero-order chi connectivity index (χ0) is 10.1. The summed E-state index contributed by atoms with van der Waals surface area (Å²) in [6.45, 7) is 7.31. The summed E-state index contributed by atoms with van der Waals surface area (Å²) in [5.41, 5.74) is 0.706. The maximum atomic E-state index is 11.4. The van der Waals surface area contributed by atoms with Gasteiger partial charge in [-0.2, -0.15) is 5.10 Å². The van der Waals surface area contributed by atoms with Crippen LogP contribution < -0.4 is 0 Å². The van der Waals surface area contributed by atoms with Crippen molar-refractivity contribution < 1.29 is 9.53 Å². The lowest BCUT2D eigenvalue weighted by molar-refractivity contribution is 0.00628. The number of carbonyl (C=O) groups excluding carboxylic acids is 1. The van der Waals surface area contributed by atoms with Gasteiger partial charge in [-0.1, -0.05) is 0 Å². The van der Waals surface area contributed by atoms with Crippen LogP contribution >= 0.6 is 0 Å². The van der Waals surface area contributed by atoms with Gasteiger partial charge in [0.1, 0.15) is 5.60 Å². The highest BCUT2D eigenvalue weighted by Crippen LogP contribution is 2.10. The molecule has 0 fully saturated rings. The van der Waals surface area contributed by atoms with Crippen molar-refractivity contribution in [1.29, 1.82) is 0 Å². The van der Waals surface area contributed by atoms with Crippen LogP contribution in [-0.2, 0) is 4.74 Å². The van der Waals surface area contributed by atoms with Crippen molar-refractivity contribution in [3.63, 3.8) is 0 Å². The van der Waals surface area contributed by atoms with Crippen LogP contribution in [0.15, 0.2) is 6.07 Å². The number of aromatic amines is 1. The topological polar surface area (TPSA) is 55.0 Å². The fraction of sp³-hybridized carbons (Fsp3) is 0.556. The number of aryl methyl sites for hydroxylation is 1. The molecular weight excluding hydrogens is 168 g/mol. The molecule has 0 radical (unpaired) electrons. The Kier molecular flexibility index (Phi) is 2.40. The van der Waals surface area contributed by atoms with Crippen LogP contribution in [0.2, 0.25) is 0 Å². The molecule has 0 aromatic carbocycles. The molecule has 0 unspecified atom stereocenters. The first-order valence-electron chi connectivity index (χ1n) is 4.14. The van der Waals surface area contributed by atoms with E-state index < -0.39 is 11.6 Å². The highest BCUT2D eigenvalue weighted by molar-refractivity contribution is 5.87. The number of esters is 1. The van der Waals surface area contributed by atoms with Gasteiger partial charge in [-0.05, 0) is 33.8 Å². The van der Waals surface area contributed by atoms with Gasteiger partial charge in [0.05, 0.1) is 0 Å². The summed E-state index contributed by atoms with van der Waals surface area (Å²) in [5, 5.41) is 6.48. The second kappa shape index (κ2) is 3.20. The van der Waals surface area contributed by atoms with Crippen molar-refractivity contribution in [2.24, 2.45) is 0 Å². The van der Waals surface area contributed by atoms with Gasteiger partial charge >= 0.3 is 5.97 Å². The van der Waals surface area contributed by atoms with Crippen LogP contribution in [0.1, 0.15) is 37.0 Å². The van der Waals surface area contributed by atoms with E-state index >= 15 is 0 Å². The van der Waals surface area contributed by atoms with Crippen LogP contribution in [0.5, 0.6) is 0 Å². The lowest BCUT2D eigenvalue weighted by Gasteiger charge is -2.18. The van der Waals surface area contributed by atoms with E-state index in [1.54, 1.807) is 6.07 Å². The lowest BCUT2D eigenvalue weighted by Crippen LogP contribution is -2.24. The molecule has 1 rings (SSSR count). The first-order valence-corrected chi connectivity index (χ1v) is 4.14. The molecule has 0 saturated carbocycles. The van der Waals surface area contributed by atoms with Crippen LogP contribution in [0.25, 0.3) is 0 Å². The van der Waals surface area contributed by atoms with E-state index in [1.807, 2.05) is 27.7 Å². The summed E-state index contributed by atoms with van der Waals surface area (Å²) in [7, 11) is 0. The molecule has 0 aliphatic carbocycles. The summed E-state index contributed by atoms with van der Waals surface area (Å²) in [6, 6.07) is 1.66. The van der Waals surface area contributed by atoms with Gasteiger partial charge in [0, 0.05) is 5.69 Å². The van der Waals surface area contributed by atoms with E-state index in [0.29, 0.717) is 5.69 Å². The minimum atomic E-state index is -0.468. The number of hydrogen-bond donors (Lipinski definition) is 1. The van der Waals surface area contributed by atoms with Crippen LogP contribution in [0, 0.1) is 6.92 Å². The number of aromatic nitrogens is 2. The summed E-state index contributed by atoms with van der Waals surface area (Å²) >= 11 is 0. The number of nitrogens with one attached hydrogen (secondary N) is 1. The molecule has 0 spiro atoms. The molecule has 0 bridgehead atoms. The molecule has 4 nitrogen and oxygen atoms in total. The second-order valence-corrected chi connectivity index (χ2v) is 3.94. The molecule has 0 aliphatic heterocycles. The van der Waals surface area contributed by atoms with Gasteiger partial charge in [0.25, 0.3) is 0 Å². The third kappa shape index (κ3) is 2.89. The molecule has 1 N–H and O–H groups in total. The quantitative estimate of drug-likeness (QED) is 0.672. The minimum Gasteiger partial charge on any atom is -0.455 e. The second-order valence-electron chi connectivity index (χ2n) is 3.94. The molecule has 0 saturated heterocycles. The number of H-pyrrole nitrogens is 1. The predicted molar refractivity (Wildman–Crippen MR) is 48.5 cm³/mol. The highest BCUT2D eigenvalue weighted by Gasteiger charge is 2.19. The van der Waals surface area contributed by atoms with E-state index in [0.717, 1.165) is 5.69 Å². The fourth-order valence-electron chi connectivity index (χ4n) is 0.853. The molecule has 72 valence electrons. The van der Waals surface area contributed by atoms with Crippen molar-refractivity contribution in [3.8, 4) is 0 Å². The number of nitrogens with zero attached hydrogens (tertiary/aromatic N) is 1. The Balaban J connectivity index is 2.70. The fourth-order valence-corrected chi connectivity index (χ4v) is 0.853. The molecule has 0 atom stereocenters. The highest BCUT2D eigenvalue weighted by atomic mass is 16.6. The minimum absolute atomic E-state index is 0.326.